The lowest BCUT2D eigenvalue weighted by atomic mass is 9.98. The predicted molar refractivity (Wildman–Crippen MR) is 113 cm³/mol. The second kappa shape index (κ2) is 8.30. The van der Waals surface area contributed by atoms with Gasteiger partial charge in [0.25, 0.3) is 0 Å². The number of carbonyl (C=O) groups excluding carboxylic acids is 1. The van der Waals surface area contributed by atoms with Gasteiger partial charge in [0.05, 0.1) is 23.4 Å². The molecule has 0 saturated carbocycles. The van der Waals surface area contributed by atoms with Crippen LogP contribution >= 0.6 is 34.4 Å². The zero-order valence-corrected chi connectivity index (χ0v) is 17.1. The number of hydrogen-bond donors (Lipinski definition) is 0. The summed E-state index contributed by atoms with van der Waals surface area (Å²) < 4.78 is 0. The molecule has 1 aliphatic heterocycles. The average molecular weight is 411 g/mol. The first kappa shape index (κ1) is 18.3. The van der Waals surface area contributed by atoms with E-state index in [2.05, 4.69) is 35.0 Å². The van der Waals surface area contributed by atoms with Crippen molar-refractivity contribution < 1.29 is 4.79 Å². The fourth-order valence-electron chi connectivity index (χ4n) is 3.35. The highest BCUT2D eigenvalue weighted by Gasteiger charge is 2.33. The normalized spacial score (nSPS) is 16.0. The van der Waals surface area contributed by atoms with E-state index in [1.54, 1.807) is 34.4 Å². The van der Waals surface area contributed by atoms with Gasteiger partial charge in [0.2, 0.25) is 5.91 Å². The van der Waals surface area contributed by atoms with Crippen molar-refractivity contribution in [1.29, 1.82) is 5.26 Å². The van der Waals surface area contributed by atoms with Gasteiger partial charge in [0, 0.05) is 22.1 Å². The summed E-state index contributed by atoms with van der Waals surface area (Å²) in [7, 11) is 0. The molecule has 27 heavy (non-hydrogen) atoms. The van der Waals surface area contributed by atoms with Gasteiger partial charge >= 0.3 is 0 Å². The Bertz CT molecular complexity index is 954. The Morgan fingerprint density at radius 2 is 2.04 bits per heavy atom. The van der Waals surface area contributed by atoms with Crippen LogP contribution in [0.4, 0.5) is 0 Å². The van der Waals surface area contributed by atoms with Crippen molar-refractivity contribution in [2.75, 3.05) is 12.3 Å². The van der Waals surface area contributed by atoms with Crippen LogP contribution in [0.15, 0.2) is 53.2 Å². The van der Waals surface area contributed by atoms with Gasteiger partial charge in [-0.25, -0.2) is 0 Å². The SMILES string of the molecule is N#Cc1ccc(CSCC(=O)N2CCc3sccc3C2c2cccs2)cc1. The number of thioether (sulfide) groups is 1. The smallest absolute Gasteiger partial charge is 0.233 e. The minimum Gasteiger partial charge on any atom is -0.330 e. The maximum Gasteiger partial charge on any atom is 0.233 e. The highest BCUT2D eigenvalue weighted by atomic mass is 32.2. The third-order valence-electron chi connectivity index (χ3n) is 4.68. The molecule has 1 unspecified atom stereocenters. The number of thiophene rings is 2. The minimum atomic E-state index is 0.0583. The molecular weight excluding hydrogens is 392 g/mol. The quantitative estimate of drug-likeness (QED) is 0.588. The zero-order chi connectivity index (χ0) is 18.6. The summed E-state index contributed by atoms with van der Waals surface area (Å²) >= 11 is 5.15. The van der Waals surface area contributed by atoms with Crippen LogP contribution in [-0.4, -0.2) is 23.1 Å². The van der Waals surface area contributed by atoms with Gasteiger partial charge < -0.3 is 4.90 Å². The summed E-state index contributed by atoms with van der Waals surface area (Å²) in [5.41, 5.74) is 3.10. The van der Waals surface area contributed by atoms with E-state index >= 15 is 0 Å². The van der Waals surface area contributed by atoms with Crippen LogP contribution in [0.5, 0.6) is 0 Å². The molecule has 0 saturated heterocycles. The highest BCUT2D eigenvalue weighted by molar-refractivity contribution is 7.99. The van der Waals surface area contributed by atoms with Crippen molar-refractivity contribution in [1.82, 2.24) is 4.90 Å². The van der Waals surface area contributed by atoms with E-state index in [1.165, 1.54) is 15.3 Å². The van der Waals surface area contributed by atoms with E-state index in [4.69, 9.17) is 5.26 Å². The van der Waals surface area contributed by atoms with Crippen LogP contribution in [-0.2, 0) is 17.0 Å². The number of benzene rings is 1. The predicted octanol–water partition coefficient (Wildman–Crippen LogP) is 5.09. The highest BCUT2D eigenvalue weighted by Crippen LogP contribution is 2.39. The van der Waals surface area contributed by atoms with Crippen LogP contribution in [0, 0.1) is 11.3 Å². The number of nitriles is 1. The molecule has 0 radical (unpaired) electrons. The maximum atomic E-state index is 13.0. The third kappa shape index (κ3) is 3.96. The summed E-state index contributed by atoms with van der Waals surface area (Å²) in [6.07, 6.45) is 0.945. The number of amides is 1. The molecule has 4 rings (SSSR count). The summed E-state index contributed by atoms with van der Waals surface area (Å²) in [4.78, 5) is 17.7. The number of nitrogens with zero attached hydrogens (tertiary/aromatic N) is 2. The maximum absolute atomic E-state index is 13.0. The molecule has 1 amide bonds. The second-order valence-electron chi connectivity index (χ2n) is 6.36. The van der Waals surface area contributed by atoms with Crippen molar-refractivity contribution in [3.8, 4) is 6.07 Å². The Morgan fingerprint density at radius 3 is 2.78 bits per heavy atom. The molecule has 6 heteroatoms. The van der Waals surface area contributed by atoms with Crippen molar-refractivity contribution in [3.63, 3.8) is 0 Å². The Hall–Kier alpha value is -2.07. The molecule has 1 atom stereocenters. The third-order valence-corrected chi connectivity index (χ3v) is 7.59. The van der Waals surface area contributed by atoms with Crippen LogP contribution in [0.2, 0.25) is 0 Å². The first-order chi connectivity index (χ1) is 13.3. The van der Waals surface area contributed by atoms with Crippen molar-refractivity contribution in [2.24, 2.45) is 0 Å². The second-order valence-corrected chi connectivity index (χ2v) is 9.32. The number of fused-ring (bicyclic) bond motifs is 1. The summed E-state index contributed by atoms with van der Waals surface area (Å²) in [5, 5.41) is 13.1. The van der Waals surface area contributed by atoms with E-state index in [-0.39, 0.29) is 11.9 Å². The monoisotopic (exact) mass is 410 g/mol. The standard InChI is InChI=1S/C21H18N2OS3/c22-12-15-3-5-16(6-4-15)13-25-14-20(24)23-9-7-18-17(8-11-27-18)21(23)19-2-1-10-26-19/h1-6,8,10-11,21H,7,9,13-14H2. The summed E-state index contributed by atoms with van der Waals surface area (Å²) in [6, 6.07) is 16.1. The van der Waals surface area contributed by atoms with E-state index < -0.39 is 0 Å². The Balaban J connectivity index is 1.43. The number of rotatable bonds is 5. The molecule has 0 bridgehead atoms. The number of hydrogen-bond acceptors (Lipinski definition) is 5. The first-order valence-corrected chi connectivity index (χ1v) is 11.6. The molecule has 136 valence electrons. The van der Waals surface area contributed by atoms with E-state index in [0.29, 0.717) is 11.3 Å². The van der Waals surface area contributed by atoms with E-state index in [1.807, 2.05) is 29.2 Å². The molecule has 0 N–H and O–H groups in total. The minimum absolute atomic E-state index is 0.0583. The lowest BCUT2D eigenvalue weighted by molar-refractivity contribution is -0.130. The van der Waals surface area contributed by atoms with Crippen molar-refractivity contribution in [3.05, 3.63) is 79.7 Å². The lowest BCUT2D eigenvalue weighted by Gasteiger charge is -2.35. The van der Waals surface area contributed by atoms with Gasteiger partial charge in [-0.2, -0.15) is 5.26 Å². The van der Waals surface area contributed by atoms with Gasteiger partial charge in [-0.3, -0.25) is 4.79 Å². The molecule has 3 heterocycles. The van der Waals surface area contributed by atoms with Crippen LogP contribution in [0.3, 0.4) is 0 Å². The Kier molecular flexibility index (Phi) is 5.63. The van der Waals surface area contributed by atoms with Crippen LogP contribution in [0.1, 0.15) is 32.5 Å². The van der Waals surface area contributed by atoms with Crippen LogP contribution in [0.25, 0.3) is 0 Å². The Morgan fingerprint density at radius 1 is 1.19 bits per heavy atom. The zero-order valence-electron chi connectivity index (χ0n) is 14.6. The van der Waals surface area contributed by atoms with E-state index in [0.717, 1.165) is 24.3 Å². The molecule has 0 fully saturated rings. The topological polar surface area (TPSA) is 44.1 Å². The van der Waals surface area contributed by atoms with Gasteiger partial charge in [0.1, 0.15) is 0 Å². The molecule has 3 nitrogen and oxygen atoms in total. The van der Waals surface area contributed by atoms with Gasteiger partial charge in [-0.1, -0.05) is 18.2 Å². The van der Waals surface area contributed by atoms with Gasteiger partial charge in [-0.05, 0) is 52.6 Å². The largest absolute Gasteiger partial charge is 0.330 e. The summed E-state index contributed by atoms with van der Waals surface area (Å²) in [5.74, 6) is 1.45. The molecule has 3 aromatic rings. The molecule has 2 aromatic heterocycles. The fraction of sp³-hybridized carbons (Fsp3) is 0.238. The number of carbonyl (C=O) groups is 1. The van der Waals surface area contributed by atoms with Crippen molar-refractivity contribution in [2.45, 2.75) is 18.2 Å². The van der Waals surface area contributed by atoms with Gasteiger partial charge in [0.15, 0.2) is 0 Å². The fourth-order valence-corrected chi connectivity index (χ4v) is 5.98. The van der Waals surface area contributed by atoms with Crippen molar-refractivity contribution >= 4 is 40.3 Å². The first-order valence-electron chi connectivity index (χ1n) is 8.72. The van der Waals surface area contributed by atoms with Gasteiger partial charge in [-0.15, -0.1) is 34.4 Å². The molecule has 1 aromatic carbocycles. The van der Waals surface area contributed by atoms with Crippen LogP contribution < -0.4 is 0 Å². The Labute approximate surface area is 171 Å². The van der Waals surface area contributed by atoms with E-state index in [9.17, 15) is 4.79 Å². The molecule has 0 aliphatic carbocycles. The average Bonchev–Trinajstić information content (AvgIpc) is 3.39. The summed E-state index contributed by atoms with van der Waals surface area (Å²) in [6.45, 7) is 0.784. The molecule has 0 spiro atoms. The molecular formula is C21H18N2OS3. The molecule has 1 aliphatic rings. The lowest BCUT2D eigenvalue weighted by Crippen LogP contribution is -2.40.